The standard InChI is InChI=1S/C21H24N4O6S/c1-32(30,31)17-9-10-18(19(14-17)25(28)29)22-11-12-23-21(27)15-5-7-16(8-6-15)24-13-3-2-4-20(24)26/h5-10,14,22H,2-4,11-13H2,1H3,(H,23,27). The van der Waals surface area contributed by atoms with Crippen LogP contribution in [0.1, 0.15) is 29.6 Å². The minimum absolute atomic E-state index is 0.0817. The van der Waals surface area contributed by atoms with Gasteiger partial charge in [0, 0.05) is 49.6 Å². The van der Waals surface area contributed by atoms with Crippen LogP contribution in [-0.2, 0) is 14.6 Å². The van der Waals surface area contributed by atoms with Crippen LogP contribution in [0.3, 0.4) is 0 Å². The molecule has 0 unspecified atom stereocenters. The number of anilines is 2. The zero-order chi connectivity index (χ0) is 23.3. The van der Waals surface area contributed by atoms with Crippen molar-refractivity contribution < 1.29 is 22.9 Å². The number of piperidine rings is 1. The highest BCUT2D eigenvalue weighted by molar-refractivity contribution is 7.90. The van der Waals surface area contributed by atoms with Crippen LogP contribution in [0.2, 0.25) is 0 Å². The van der Waals surface area contributed by atoms with Crippen LogP contribution in [0.15, 0.2) is 47.4 Å². The Morgan fingerprint density at radius 2 is 1.84 bits per heavy atom. The van der Waals surface area contributed by atoms with Gasteiger partial charge in [-0.05, 0) is 49.2 Å². The van der Waals surface area contributed by atoms with E-state index < -0.39 is 14.8 Å². The van der Waals surface area contributed by atoms with E-state index in [1.165, 1.54) is 12.1 Å². The van der Waals surface area contributed by atoms with Crippen LogP contribution < -0.4 is 15.5 Å². The SMILES string of the molecule is CS(=O)(=O)c1ccc(NCCNC(=O)c2ccc(N3CCCCC3=O)cc2)c([N+](=O)[O-])c1. The van der Waals surface area contributed by atoms with Gasteiger partial charge in [0.1, 0.15) is 5.69 Å². The second kappa shape index (κ2) is 9.77. The molecule has 1 heterocycles. The zero-order valence-electron chi connectivity index (χ0n) is 17.5. The third kappa shape index (κ3) is 5.61. The van der Waals surface area contributed by atoms with E-state index in [2.05, 4.69) is 10.6 Å². The lowest BCUT2D eigenvalue weighted by Gasteiger charge is -2.26. The van der Waals surface area contributed by atoms with Gasteiger partial charge in [0.15, 0.2) is 9.84 Å². The maximum absolute atomic E-state index is 12.3. The van der Waals surface area contributed by atoms with Crippen molar-refractivity contribution in [3.8, 4) is 0 Å². The van der Waals surface area contributed by atoms with Gasteiger partial charge in [0.05, 0.1) is 9.82 Å². The maximum Gasteiger partial charge on any atom is 0.293 e. The molecule has 1 aliphatic rings. The number of sulfone groups is 1. The molecule has 0 aliphatic carbocycles. The van der Waals surface area contributed by atoms with E-state index in [9.17, 15) is 28.1 Å². The molecular weight excluding hydrogens is 436 g/mol. The molecule has 0 saturated carbocycles. The fourth-order valence-corrected chi connectivity index (χ4v) is 4.03. The normalized spacial score (nSPS) is 14.2. The van der Waals surface area contributed by atoms with Gasteiger partial charge in [-0.3, -0.25) is 19.7 Å². The Hall–Kier alpha value is -3.47. The van der Waals surface area contributed by atoms with Gasteiger partial charge in [0.2, 0.25) is 5.91 Å². The first kappa shape index (κ1) is 23.2. The van der Waals surface area contributed by atoms with Gasteiger partial charge >= 0.3 is 0 Å². The highest BCUT2D eigenvalue weighted by Gasteiger charge is 2.20. The summed E-state index contributed by atoms with van der Waals surface area (Å²) in [6, 6.07) is 10.4. The topological polar surface area (TPSA) is 139 Å². The Morgan fingerprint density at radius 1 is 1.12 bits per heavy atom. The van der Waals surface area contributed by atoms with Crippen LogP contribution in [0.5, 0.6) is 0 Å². The van der Waals surface area contributed by atoms with Crippen molar-refractivity contribution >= 4 is 38.7 Å². The first-order valence-corrected chi connectivity index (χ1v) is 12.0. The first-order valence-electron chi connectivity index (χ1n) is 10.1. The zero-order valence-corrected chi connectivity index (χ0v) is 18.4. The molecule has 2 aromatic carbocycles. The predicted molar refractivity (Wildman–Crippen MR) is 120 cm³/mol. The molecule has 0 aromatic heterocycles. The molecule has 1 fully saturated rings. The van der Waals surface area contributed by atoms with Crippen molar-refractivity contribution in [1.29, 1.82) is 0 Å². The highest BCUT2D eigenvalue weighted by atomic mass is 32.2. The van der Waals surface area contributed by atoms with E-state index in [0.717, 1.165) is 30.9 Å². The molecular formula is C21H24N4O6S. The van der Waals surface area contributed by atoms with Crippen LogP contribution in [-0.4, -0.2) is 51.0 Å². The van der Waals surface area contributed by atoms with E-state index in [-0.39, 0.29) is 41.2 Å². The van der Waals surface area contributed by atoms with Crippen LogP contribution >= 0.6 is 0 Å². The number of carbonyl (C=O) groups excluding carboxylic acids is 2. The largest absolute Gasteiger partial charge is 0.378 e. The fourth-order valence-electron chi connectivity index (χ4n) is 3.39. The number of rotatable bonds is 8. The molecule has 0 spiro atoms. The number of hydrogen-bond donors (Lipinski definition) is 2. The van der Waals surface area contributed by atoms with Crippen LogP contribution in [0.4, 0.5) is 17.1 Å². The van der Waals surface area contributed by atoms with Crippen molar-refractivity contribution in [3.63, 3.8) is 0 Å². The molecule has 0 atom stereocenters. The third-order valence-electron chi connectivity index (χ3n) is 5.08. The number of nitrogens with zero attached hydrogens (tertiary/aromatic N) is 2. The number of carbonyl (C=O) groups is 2. The number of nitrogens with one attached hydrogen (secondary N) is 2. The lowest BCUT2D eigenvalue weighted by Crippen LogP contribution is -2.35. The van der Waals surface area contributed by atoms with Crippen molar-refractivity contribution in [2.75, 3.05) is 36.1 Å². The minimum Gasteiger partial charge on any atom is -0.378 e. The van der Waals surface area contributed by atoms with E-state index >= 15 is 0 Å². The Bertz CT molecular complexity index is 1130. The van der Waals surface area contributed by atoms with Gasteiger partial charge in [-0.25, -0.2) is 8.42 Å². The molecule has 11 heteroatoms. The summed E-state index contributed by atoms with van der Waals surface area (Å²) in [7, 11) is -3.57. The summed E-state index contributed by atoms with van der Waals surface area (Å²) in [6.45, 7) is 1.06. The first-order chi connectivity index (χ1) is 15.2. The molecule has 2 amide bonds. The summed E-state index contributed by atoms with van der Waals surface area (Å²) in [6.07, 6.45) is 3.36. The average molecular weight is 461 g/mol. The van der Waals surface area contributed by atoms with Gasteiger partial charge in [-0.2, -0.15) is 0 Å². The number of nitro groups is 1. The van der Waals surface area contributed by atoms with Gasteiger partial charge < -0.3 is 15.5 Å². The van der Waals surface area contributed by atoms with Gasteiger partial charge in [-0.15, -0.1) is 0 Å². The molecule has 2 aromatic rings. The van der Waals surface area contributed by atoms with Crippen molar-refractivity contribution in [1.82, 2.24) is 5.32 Å². The van der Waals surface area contributed by atoms with Crippen LogP contribution in [0.25, 0.3) is 0 Å². The lowest BCUT2D eigenvalue weighted by atomic mass is 10.1. The van der Waals surface area contributed by atoms with Crippen molar-refractivity contribution in [2.24, 2.45) is 0 Å². The number of nitro benzene ring substituents is 1. The highest BCUT2D eigenvalue weighted by Crippen LogP contribution is 2.27. The van der Waals surface area contributed by atoms with E-state index in [1.54, 1.807) is 29.2 Å². The Balaban J connectivity index is 1.55. The number of hydrogen-bond acceptors (Lipinski definition) is 7. The van der Waals surface area contributed by atoms with E-state index in [1.807, 2.05) is 0 Å². The molecule has 32 heavy (non-hydrogen) atoms. The van der Waals surface area contributed by atoms with E-state index in [0.29, 0.717) is 18.5 Å². The summed E-state index contributed by atoms with van der Waals surface area (Å²) in [4.78, 5) is 36.5. The molecule has 0 bridgehead atoms. The minimum atomic E-state index is -3.57. The Labute approximate surface area is 185 Å². The third-order valence-corrected chi connectivity index (χ3v) is 6.19. The summed E-state index contributed by atoms with van der Waals surface area (Å²) in [5.41, 5.74) is 0.994. The quantitative estimate of drug-likeness (QED) is 0.350. The Kier molecular flexibility index (Phi) is 7.08. The summed E-state index contributed by atoms with van der Waals surface area (Å²) in [5.74, 6) is -0.233. The molecule has 10 nitrogen and oxygen atoms in total. The predicted octanol–water partition coefficient (Wildman–Crippen LogP) is 2.36. The molecule has 0 radical (unpaired) electrons. The molecule has 2 N–H and O–H groups in total. The molecule has 1 saturated heterocycles. The second-order valence-corrected chi connectivity index (χ2v) is 9.46. The molecule has 170 valence electrons. The number of amides is 2. The van der Waals surface area contributed by atoms with Crippen molar-refractivity contribution in [2.45, 2.75) is 24.2 Å². The van der Waals surface area contributed by atoms with Crippen LogP contribution in [0, 0.1) is 10.1 Å². The Morgan fingerprint density at radius 3 is 2.47 bits per heavy atom. The maximum atomic E-state index is 12.3. The van der Waals surface area contributed by atoms with Gasteiger partial charge in [-0.1, -0.05) is 0 Å². The number of benzene rings is 2. The lowest BCUT2D eigenvalue weighted by molar-refractivity contribution is -0.384. The summed E-state index contributed by atoms with van der Waals surface area (Å²) in [5, 5.41) is 16.8. The summed E-state index contributed by atoms with van der Waals surface area (Å²) >= 11 is 0. The second-order valence-electron chi connectivity index (χ2n) is 7.44. The average Bonchev–Trinajstić information content (AvgIpc) is 2.76. The molecule has 3 rings (SSSR count). The van der Waals surface area contributed by atoms with Gasteiger partial charge in [0.25, 0.3) is 11.6 Å². The fraction of sp³-hybridized carbons (Fsp3) is 0.333. The van der Waals surface area contributed by atoms with Crippen molar-refractivity contribution in [3.05, 3.63) is 58.1 Å². The smallest absolute Gasteiger partial charge is 0.293 e. The van der Waals surface area contributed by atoms with E-state index in [4.69, 9.17) is 0 Å². The monoisotopic (exact) mass is 460 g/mol. The molecule has 1 aliphatic heterocycles. The summed E-state index contributed by atoms with van der Waals surface area (Å²) < 4.78 is 23.2.